The van der Waals surface area contributed by atoms with Crippen LogP contribution in [0.15, 0.2) is 18.3 Å². The van der Waals surface area contributed by atoms with E-state index in [2.05, 4.69) is 10.4 Å². The second kappa shape index (κ2) is 5.61. The van der Waals surface area contributed by atoms with Crippen molar-refractivity contribution in [2.45, 2.75) is 6.92 Å². The number of rotatable bonds is 3. The molecule has 2 rings (SSSR count). The Labute approximate surface area is 119 Å². The SMILES string of the molecule is CCOC(=O)c1cnc2cc(Cl)cc(Cl)c2c1NN. The molecule has 0 atom stereocenters. The molecule has 0 bridgehead atoms. The lowest BCUT2D eigenvalue weighted by Crippen LogP contribution is -2.15. The summed E-state index contributed by atoms with van der Waals surface area (Å²) < 4.78 is 4.94. The molecule has 5 nitrogen and oxygen atoms in total. The summed E-state index contributed by atoms with van der Waals surface area (Å²) in [5.74, 6) is 4.96. The Hall–Kier alpha value is -1.56. The van der Waals surface area contributed by atoms with E-state index in [0.717, 1.165) is 0 Å². The van der Waals surface area contributed by atoms with Crippen LogP contribution < -0.4 is 11.3 Å². The van der Waals surface area contributed by atoms with Gasteiger partial charge in [-0.1, -0.05) is 23.2 Å². The Morgan fingerprint density at radius 1 is 1.47 bits per heavy atom. The van der Waals surface area contributed by atoms with Gasteiger partial charge in [0.25, 0.3) is 0 Å². The first-order chi connectivity index (χ1) is 9.08. The van der Waals surface area contributed by atoms with Gasteiger partial charge in [-0.2, -0.15) is 0 Å². The third-order valence-corrected chi connectivity index (χ3v) is 3.04. The van der Waals surface area contributed by atoms with Crippen molar-refractivity contribution in [3.8, 4) is 0 Å². The minimum absolute atomic E-state index is 0.223. The lowest BCUT2D eigenvalue weighted by molar-refractivity contribution is 0.0527. The Kier molecular flexibility index (Phi) is 4.09. The number of carbonyl (C=O) groups is 1. The normalized spacial score (nSPS) is 10.5. The van der Waals surface area contributed by atoms with Gasteiger partial charge in [-0.3, -0.25) is 10.8 Å². The minimum Gasteiger partial charge on any atom is -0.462 e. The molecule has 2 aromatic rings. The van der Waals surface area contributed by atoms with Gasteiger partial charge in [0.2, 0.25) is 0 Å². The van der Waals surface area contributed by atoms with Crippen molar-refractivity contribution < 1.29 is 9.53 Å². The highest BCUT2D eigenvalue weighted by atomic mass is 35.5. The van der Waals surface area contributed by atoms with Crippen LogP contribution in [0.3, 0.4) is 0 Å². The minimum atomic E-state index is -0.518. The van der Waals surface area contributed by atoms with Crippen LogP contribution in [0.4, 0.5) is 5.69 Å². The highest BCUT2D eigenvalue weighted by Crippen LogP contribution is 2.34. The molecule has 7 heteroatoms. The molecule has 0 aliphatic rings. The third kappa shape index (κ3) is 2.58. The fraction of sp³-hybridized carbons (Fsp3) is 0.167. The van der Waals surface area contributed by atoms with Crippen LogP contribution in [0.2, 0.25) is 10.0 Å². The van der Waals surface area contributed by atoms with Crippen molar-refractivity contribution in [3.05, 3.63) is 33.9 Å². The molecule has 1 aromatic carbocycles. The van der Waals surface area contributed by atoms with Crippen molar-refractivity contribution >= 4 is 45.8 Å². The molecular formula is C12H11Cl2N3O2. The zero-order valence-corrected chi connectivity index (χ0v) is 11.5. The molecule has 0 saturated carbocycles. The molecule has 0 unspecified atom stereocenters. The second-order valence-electron chi connectivity index (χ2n) is 3.69. The Bertz CT molecular complexity index is 646. The molecule has 0 spiro atoms. The molecular weight excluding hydrogens is 289 g/mol. The monoisotopic (exact) mass is 299 g/mol. The van der Waals surface area contributed by atoms with Crippen molar-refractivity contribution in [2.75, 3.05) is 12.0 Å². The van der Waals surface area contributed by atoms with Crippen LogP contribution in [0.5, 0.6) is 0 Å². The summed E-state index contributed by atoms with van der Waals surface area (Å²) in [5, 5.41) is 1.34. The van der Waals surface area contributed by atoms with Gasteiger partial charge < -0.3 is 10.2 Å². The number of hydrogen-bond acceptors (Lipinski definition) is 5. The number of carbonyl (C=O) groups excluding carboxylic acids is 1. The zero-order valence-electron chi connectivity index (χ0n) is 10.0. The van der Waals surface area contributed by atoms with E-state index in [9.17, 15) is 4.79 Å². The second-order valence-corrected chi connectivity index (χ2v) is 4.54. The highest BCUT2D eigenvalue weighted by molar-refractivity contribution is 6.39. The topological polar surface area (TPSA) is 77.2 Å². The van der Waals surface area contributed by atoms with Crippen LogP contribution in [0.25, 0.3) is 10.9 Å². The molecule has 0 aliphatic carbocycles. The first-order valence-corrected chi connectivity index (χ1v) is 6.25. The molecule has 1 heterocycles. The number of hydrogen-bond donors (Lipinski definition) is 2. The van der Waals surface area contributed by atoms with E-state index < -0.39 is 5.97 Å². The van der Waals surface area contributed by atoms with Gasteiger partial charge in [-0.15, -0.1) is 0 Å². The van der Waals surface area contributed by atoms with Gasteiger partial charge in [-0.05, 0) is 19.1 Å². The fourth-order valence-corrected chi connectivity index (χ4v) is 2.33. The zero-order chi connectivity index (χ0) is 14.0. The maximum absolute atomic E-state index is 11.8. The number of pyridine rings is 1. The standard InChI is InChI=1S/C12H11Cl2N3O2/c1-2-19-12(18)7-5-16-9-4-6(13)3-8(14)10(9)11(7)17-15/h3-5H,2,15H2,1H3,(H,16,17). The van der Waals surface area contributed by atoms with Gasteiger partial charge in [0.15, 0.2) is 0 Å². The number of anilines is 1. The van der Waals surface area contributed by atoms with Crippen molar-refractivity contribution in [3.63, 3.8) is 0 Å². The average Bonchev–Trinajstić information content (AvgIpc) is 2.37. The van der Waals surface area contributed by atoms with E-state index in [4.69, 9.17) is 33.8 Å². The van der Waals surface area contributed by atoms with Crippen LogP contribution in [-0.2, 0) is 4.74 Å². The predicted octanol–water partition coefficient (Wildman–Crippen LogP) is 3.00. The summed E-state index contributed by atoms with van der Waals surface area (Å²) >= 11 is 12.0. The molecule has 100 valence electrons. The Balaban J connectivity index is 2.72. The van der Waals surface area contributed by atoms with Crippen molar-refractivity contribution in [1.82, 2.24) is 4.98 Å². The van der Waals surface area contributed by atoms with Crippen LogP contribution in [-0.4, -0.2) is 17.6 Å². The van der Waals surface area contributed by atoms with E-state index >= 15 is 0 Å². The van der Waals surface area contributed by atoms with E-state index in [1.807, 2.05) is 0 Å². The summed E-state index contributed by atoms with van der Waals surface area (Å²) in [6.45, 7) is 1.98. The maximum Gasteiger partial charge on any atom is 0.341 e. The van der Waals surface area contributed by atoms with E-state index in [1.165, 1.54) is 6.20 Å². The Morgan fingerprint density at radius 2 is 2.21 bits per heavy atom. The van der Waals surface area contributed by atoms with E-state index in [1.54, 1.807) is 19.1 Å². The summed E-state index contributed by atoms with van der Waals surface area (Å²) in [7, 11) is 0. The average molecular weight is 300 g/mol. The summed E-state index contributed by atoms with van der Waals surface area (Å²) in [6.07, 6.45) is 1.38. The molecule has 0 fully saturated rings. The first-order valence-electron chi connectivity index (χ1n) is 5.50. The number of aromatic nitrogens is 1. The van der Waals surface area contributed by atoms with Crippen LogP contribution in [0.1, 0.15) is 17.3 Å². The largest absolute Gasteiger partial charge is 0.462 e. The van der Waals surface area contributed by atoms with E-state index in [0.29, 0.717) is 26.6 Å². The van der Waals surface area contributed by atoms with Gasteiger partial charge in [0, 0.05) is 16.6 Å². The molecule has 0 saturated heterocycles. The number of nitrogens with one attached hydrogen (secondary N) is 1. The molecule has 1 aromatic heterocycles. The van der Waals surface area contributed by atoms with Gasteiger partial charge >= 0.3 is 5.97 Å². The number of nitrogens with two attached hydrogens (primary N) is 1. The predicted molar refractivity (Wildman–Crippen MR) is 75.5 cm³/mol. The number of hydrazine groups is 1. The first kappa shape index (κ1) is 13.9. The maximum atomic E-state index is 11.8. The number of halogens is 2. The van der Waals surface area contributed by atoms with Crippen molar-refractivity contribution in [1.29, 1.82) is 0 Å². The lowest BCUT2D eigenvalue weighted by atomic mass is 10.1. The molecule has 0 aliphatic heterocycles. The number of benzene rings is 1. The van der Waals surface area contributed by atoms with Crippen LogP contribution >= 0.6 is 23.2 Å². The summed E-state index contributed by atoms with van der Waals surface area (Å²) in [5.41, 5.74) is 3.60. The number of nitrogen functional groups attached to an aromatic ring is 1. The van der Waals surface area contributed by atoms with E-state index in [-0.39, 0.29) is 12.2 Å². The molecule has 19 heavy (non-hydrogen) atoms. The van der Waals surface area contributed by atoms with Crippen LogP contribution in [0, 0.1) is 0 Å². The molecule has 0 amide bonds. The number of esters is 1. The van der Waals surface area contributed by atoms with Crippen molar-refractivity contribution in [2.24, 2.45) is 5.84 Å². The van der Waals surface area contributed by atoms with Gasteiger partial charge in [0.1, 0.15) is 5.56 Å². The molecule has 3 N–H and O–H groups in total. The fourth-order valence-electron chi connectivity index (χ4n) is 1.76. The van der Waals surface area contributed by atoms with Gasteiger partial charge in [-0.25, -0.2) is 4.79 Å². The number of ether oxygens (including phenoxy) is 1. The Morgan fingerprint density at radius 3 is 2.84 bits per heavy atom. The lowest BCUT2D eigenvalue weighted by Gasteiger charge is -2.12. The third-order valence-electron chi connectivity index (χ3n) is 2.53. The van der Waals surface area contributed by atoms with Gasteiger partial charge in [0.05, 0.1) is 22.8 Å². The number of fused-ring (bicyclic) bond motifs is 1. The summed E-state index contributed by atoms with van der Waals surface area (Å²) in [4.78, 5) is 16.0. The highest BCUT2D eigenvalue weighted by Gasteiger charge is 2.18. The quantitative estimate of drug-likeness (QED) is 0.517. The molecule has 0 radical (unpaired) electrons. The number of nitrogens with zero attached hydrogens (tertiary/aromatic N) is 1. The smallest absolute Gasteiger partial charge is 0.341 e. The summed E-state index contributed by atoms with van der Waals surface area (Å²) in [6, 6.07) is 3.20.